The average Bonchev–Trinajstić information content (AvgIpc) is 2.80. The summed E-state index contributed by atoms with van der Waals surface area (Å²) >= 11 is 0. The molecule has 0 bridgehead atoms. The molecule has 0 N–H and O–H groups in total. The molecular weight excluding hydrogens is 406 g/mol. The van der Waals surface area contributed by atoms with Crippen LogP contribution in [0.15, 0.2) is 102 Å². The number of hydrogen-bond acceptors (Lipinski definition) is 3. The van der Waals surface area contributed by atoms with Gasteiger partial charge >= 0.3 is 0 Å². The molecule has 0 fully saturated rings. The zero-order valence-electron chi connectivity index (χ0n) is 17.2. The zero-order valence-corrected chi connectivity index (χ0v) is 18.0. The summed E-state index contributed by atoms with van der Waals surface area (Å²) in [4.78, 5) is 15.4. The van der Waals surface area contributed by atoms with Gasteiger partial charge in [-0.05, 0) is 48.2 Å². The lowest BCUT2D eigenvalue weighted by atomic mass is 10.1. The van der Waals surface area contributed by atoms with E-state index in [4.69, 9.17) is 0 Å². The van der Waals surface area contributed by atoms with E-state index in [9.17, 15) is 13.2 Å². The highest BCUT2D eigenvalue weighted by Crippen LogP contribution is 2.28. The van der Waals surface area contributed by atoms with Gasteiger partial charge in [-0.2, -0.15) is 0 Å². The minimum absolute atomic E-state index is 0.154. The predicted octanol–water partition coefficient (Wildman–Crippen LogP) is 5.48. The SMILES string of the molecule is CCN(C(=O)c1cccc(CS(=O)(=O)c2ccccc2)c1)c1cccc2ccccc12. The molecule has 0 unspecified atom stereocenters. The molecule has 0 saturated heterocycles. The number of carbonyl (C=O) groups is 1. The molecule has 1 amide bonds. The fourth-order valence-corrected chi connectivity index (χ4v) is 5.10. The van der Waals surface area contributed by atoms with Gasteiger partial charge < -0.3 is 4.90 Å². The maximum atomic E-state index is 13.4. The largest absolute Gasteiger partial charge is 0.308 e. The molecule has 0 atom stereocenters. The highest BCUT2D eigenvalue weighted by Gasteiger charge is 2.20. The average molecular weight is 430 g/mol. The fraction of sp³-hybridized carbons (Fsp3) is 0.115. The van der Waals surface area contributed by atoms with Crippen LogP contribution in [0.2, 0.25) is 0 Å². The number of hydrogen-bond donors (Lipinski definition) is 0. The summed E-state index contributed by atoms with van der Waals surface area (Å²) in [5, 5.41) is 2.07. The smallest absolute Gasteiger partial charge is 0.258 e. The van der Waals surface area contributed by atoms with E-state index in [-0.39, 0.29) is 16.6 Å². The van der Waals surface area contributed by atoms with Crippen LogP contribution in [0, 0.1) is 0 Å². The van der Waals surface area contributed by atoms with Gasteiger partial charge in [0.2, 0.25) is 0 Å². The number of benzene rings is 4. The Balaban J connectivity index is 1.66. The highest BCUT2D eigenvalue weighted by molar-refractivity contribution is 7.90. The molecule has 0 spiro atoms. The molecule has 0 heterocycles. The quantitative estimate of drug-likeness (QED) is 0.408. The highest BCUT2D eigenvalue weighted by atomic mass is 32.2. The first-order chi connectivity index (χ1) is 15.0. The minimum Gasteiger partial charge on any atom is -0.308 e. The molecule has 0 saturated carbocycles. The minimum atomic E-state index is -3.49. The first kappa shape index (κ1) is 20.8. The van der Waals surface area contributed by atoms with Crippen LogP contribution in [-0.2, 0) is 15.6 Å². The number of fused-ring (bicyclic) bond motifs is 1. The number of rotatable bonds is 6. The van der Waals surface area contributed by atoms with Crippen LogP contribution in [0.3, 0.4) is 0 Å². The molecule has 0 radical (unpaired) electrons. The summed E-state index contributed by atoms with van der Waals surface area (Å²) in [6.07, 6.45) is 0. The topological polar surface area (TPSA) is 54.5 Å². The van der Waals surface area contributed by atoms with E-state index in [0.29, 0.717) is 17.7 Å². The van der Waals surface area contributed by atoms with E-state index in [2.05, 4.69) is 0 Å². The Kier molecular flexibility index (Phi) is 5.87. The maximum absolute atomic E-state index is 13.4. The van der Waals surface area contributed by atoms with Gasteiger partial charge in [0.1, 0.15) is 0 Å². The number of anilines is 1. The van der Waals surface area contributed by atoms with E-state index < -0.39 is 9.84 Å². The van der Waals surface area contributed by atoms with Gasteiger partial charge in [-0.25, -0.2) is 8.42 Å². The number of sulfone groups is 1. The van der Waals surface area contributed by atoms with Crippen LogP contribution in [0.4, 0.5) is 5.69 Å². The van der Waals surface area contributed by atoms with Gasteiger partial charge in [0.25, 0.3) is 5.91 Å². The Morgan fingerprint density at radius 2 is 1.48 bits per heavy atom. The van der Waals surface area contributed by atoms with Gasteiger partial charge in [-0.15, -0.1) is 0 Å². The van der Waals surface area contributed by atoms with Crippen molar-refractivity contribution in [2.24, 2.45) is 0 Å². The first-order valence-electron chi connectivity index (χ1n) is 10.2. The summed E-state index contributed by atoms with van der Waals surface area (Å²) in [6.45, 7) is 2.43. The van der Waals surface area contributed by atoms with E-state index >= 15 is 0 Å². The van der Waals surface area contributed by atoms with Crippen LogP contribution >= 0.6 is 0 Å². The van der Waals surface area contributed by atoms with Crippen molar-refractivity contribution in [3.63, 3.8) is 0 Å². The van der Waals surface area contributed by atoms with Crippen molar-refractivity contribution >= 4 is 32.2 Å². The Labute approximate surface area is 182 Å². The molecule has 0 aliphatic rings. The maximum Gasteiger partial charge on any atom is 0.258 e. The van der Waals surface area contributed by atoms with E-state index in [1.807, 2.05) is 49.4 Å². The van der Waals surface area contributed by atoms with Crippen LogP contribution in [0.25, 0.3) is 10.8 Å². The van der Waals surface area contributed by atoms with Crippen molar-refractivity contribution in [3.05, 3.63) is 108 Å². The molecule has 4 aromatic rings. The van der Waals surface area contributed by atoms with Crippen LogP contribution in [0.1, 0.15) is 22.8 Å². The van der Waals surface area contributed by atoms with Gasteiger partial charge in [0.05, 0.1) is 16.3 Å². The van der Waals surface area contributed by atoms with Crippen molar-refractivity contribution in [1.29, 1.82) is 0 Å². The van der Waals surface area contributed by atoms with Crippen molar-refractivity contribution in [1.82, 2.24) is 0 Å². The van der Waals surface area contributed by atoms with Crippen LogP contribution in [0.5, 0.6) is 0 Å². The molecule has 0 aliphatic heterocycles. The third kappa shape index (κ3) is 4.37. The Hall–Kier alpha value is -3.44. The van der Waals surface area contributed by atoms with E-state index in [1.54, 1.807) is 59.5 Å². The molecule has 0 aliphatic carbocycles. The molecule has 5 heteroatoms. The lowest BCUT2D eigenvalue weighted by Gasteiger charge is -2.23. The van der Waals surface area contributed by atoms with Crippen molar-refractivity contribution in [2.75, 3.05) is 11.4 Å². The molecule has 4 nitrogen and oxygen atoms in total. The normalized spacial score (nSPS) is 11.4. The second kappa shape index (κ2) is 8.74. The molecule has 156 valence electrons. The number of nitrogens with zero attached hydrogens (tertiary/aromatic N) is 1. The van der Waals surface area contributed by atoms with Gasteiger partial charge in [-0.3, -0.25) is 4.79 Å². The summed E-state index contributed by atoms with van der Waals surface area (Å²) in [5.74, 6) is -0.309. The van der Waals surface area contributed by atoms with Crippen LogP contribution in [-0.4, -0.2) is 20.9 Å². The van der Waals surface area contributed by atoms with Gasteiger partial charge in [0, 0.05) is 17.5 Å². The van der Waals surface area contributed by atoms with Crippen molar-refractivity contribution < 1.29 is 13.2 Å². The summed E-state index contributed by atoms with van der Waals surface area (Å²) in [5.41, 5.74) is 1.90. The van der Waals surface area contributed by atoms with Crippen molar-refractivity contribution in [2.45, 2.75) is 17.6 Å². The number of carbonyl (C=O) groups excluding carboxylic acids is 1. The van der Waals surface area contributed by atoms with E-state index in [0.717, 1.165) is 16.5 Å². The zero-order chi connectivity index (χ0) is 21.8. The van der Waals surface area contributed by atoms with Crippen LogP contribution < -0.4 is 4.90 Å². The van der Waals surface area contributed by atoms with E-state index in [1.165, 1.54) is 0 Å². The molecule has 4 rings (SSSR count). The summed E-state index contributed by atoms with van der Waals surface area (Å²) in [7, 11) is -3.49. The Morgan fingerprint density at radius 3 is 2.26 bits per heavy atom. The van der Waals surface area contributed by atoms with Gasteiger partial charge in [0.15, 0.2) is 9.84 Å². The second-order valence-electron chi connectivity index (χ2n) is 7.32. The van der Waals surface area contributed by atoms with Crippen molar-refractivity contribution in [3.8, 4) is 0 Å². The summed E-state index contributed by atoms with van der Waals surface area (Å²) < 4.78 is 25.5. The number of amides is 1. The molecule has 31 heavy (non-hydrogen) atoms. The first-order valence-corrected chi connectivity index (χ1v) is 11.8. The molecule has 0 aromatic heterocycles. The molecular formula is C26H23NO3S. The predicted molar refractivity (Wildman–Crippen MR) is 125 cm³/mol. The monoisotopic (exact) mass is 429 g/mol. The standard InChI is InChI=1S/C26H23NO3S/c1-2-27(25-17-9-12-21-11-6-7-16-24(21)25)26(28)22-13-8-10-20(18-22)19-31(29,30)23-14-4-3-5-15-23/h3-18H,2,19H2,1H3. The lowest BCUT2D eigenvalue weighted by molar-refractivity contribution is 0.0988. The Morgan fingerprint density at radius 1 is 0.806 bits per heavy atom. The third-order valence-electron chi connectivity index (χ3n) is 5.25. The third-order valence-corrected chi connectivity index (χ3v) is 6.96. The van der Waals surface area contributed by atoms with Gasteiger partial charge in [-0.1, -0.05) is 66.7 Å². The fourth-order valence-electron chi connectivity index (χ4n) is 3.75. The Bertz CT molecular complexity index is 1330. The second-order valence-corrected chi connectivity index (χ2v) is 9.31. The molecule has 4 aromatic carbocycles. The summed E-state index contributed by atoms with van der Waals surface area (Å²) in [6, 6.07) is 29.1. The lowest BCUT2D eigenvalue weighted by Crippen LogP contribution is -2.30.